The maximum atomic E-state index is 5.97. The molecule has 0 fully saturated rings. The highest BCUT2D eigenvalue weighted by molar-refractivity contribution is 4.51. The van der Waals surface area contributed by atoms with Crippen LogP contribution in [0.5, 0.6) is 0 Å². The van der Waals surface area contributed by atoms with E-state index < -0.39 is 0 Å². The van der Waals surface area contributed by atoms with Crippen LogP contribution in [0.2, 0.25) is 0 Å². The normalized spacial score (nSPS) is 7.67. The Bertz CT molecular complexity index is 23.7. The third-order valence-electron chi connectivity index (χ3n) is 0. The molecule has 0 aliphatic heterocycles. The fraction of sp³-hybridized carbons (Fsp3) is 0.333. The van der Waals surface area contributed by atoms with Crippen molar-refractivity contribution in [2.24, 2.45) is 0 Å². The Labute approximate surface area is 47.8 Å². The maximum Gasteiger partial charge on any atom is 0.0194 e. The van der Waals surface area contributed by atoms with Gasteiger partial charge in [-0.2, -0.15) is 8.27 Å². The molecule has 0 heteroatoms. The Morgan fingerprint density at radius 3 is 2.67 bits per heavy atom. The minimum absolute atomic E-state index is 1.00. The van der Waals surface area contributed by atoms with E-state index >= 15 is 0 Å². The molecule has 40 valence electrons. The second-order valence-corrected chi connectivity index (χ2v) is 0.408. The first-order chi connectivity index (χ1) is 4.83. The lowest BCUT2D eigenvalue weighted by Gasteiger charge is -1.31. The fourth-order valence-corrected chi connectivity index (χ4v) is 0. The van der Waals surface area contributed by atoms with Crippen LogP contribution in [0.15, 0.2) is 12.7 Å². The molecule has 0 aromatic heterocycles. The second-order valence-electron chi connectivity index (χ2n) is 0.408. The molecule has 0 unspecified atom stereocenters. The minimum atomic E-state index is 1.00. The molecule has 0 heterocycles. The van der Waals surface area contributed by atoms with Crippen molar-refractivity contribution in [2.75, 3.05) is 0 Å². The molecule has 0 bridgehead atoms. The smallest absolute Gasteiger partial charge is 0.0194 e. The van der Waals surface area contributed by atoms with Crippen LogP contribution >= 0.6 is 0 Å². The number of hydrogen-bond acceptors (Lipinski definition) is 0. The van der Waals surface area contributed by atoms with Gasteiger partial charge in [0.15, 0.2) is 0 Å². The number of rotatable bonds is 0. The highest BCUT2D eigenvalue weighted by atomic mass is 13.2. The van der Waals surface area contributed by atoms with Crippen molar-refractivity contribution in [3.05, 3.63) is 26.5 Å². The predicted molar refractivity (Wildman–Crippen MR) is 35.4 cm³/mol. The van der Waals surface area contributed by atoms with Crippen LogP contribution < -0.4 is 0 Å². The van der Waals surface area contributed by atoms with Crippen molar-refractivity contribution < 1.29 is 5.71 Å². The van der Waals surface area contributed by atoms with Crippen molar-refractivity contribution >= 4 is 0 Å². The summed E-state index contributed by atoms with van der Waals surface area (Å²) in [6.45, 7) is 9.28. The van der Waals surface area contributed by atoms with Gasteiger partial charge < -0.3 is 0 Å². The fourth-order valence-electron chi connectivity index (χ4n) is 0. The van der Waals surface area contributed by atoms with Gasteiger partial charge in [0.2, 0.25) is 0 Å². The first-order valence-corrected chi connectivity index (χ1v) is 1.39. The summed E-state index contributed by atoms with van der Waals surface area (Å²) in [5.41, 5.74) is 0. The molecular formula is C6H16. The quantitative estimate of drug-likeness (QED) is 0.318. The zero-order chi connectivity index (χ0) is 9.41. The van der Waals surface area contributed by atoms with Crippen LogP contribution in [-0.2, 0) is 0 Å². The Balaban J connectivity index is -0.0000000246. The van der Waals surface area contributed by atoms with Gasteiger partial charge in [0.25, 0.3) is 0 Å². The topological polar surface area (TPSA) is 0 Å². The van der Waals surface area contributed by atoms with Crippen molar-refractivity contribution in [1.82, 2.24) is 0 Å². The highest BCUT2D eigenvalue weighted by Crippen LogP contribution is 1.38. The summed E-state index contributed by atoms with van der Waals surface area (Å²) in [7, 11) is 1.25. The molecular weight excluding hydrogens is 72.1 g/mol. The molecule has 6 heavy (non-hydrogen) atoms. The van der Waals surface area contributed by atoms with Gasteiger partial charge in [0, 0.05) is 4.34 Å². The van der Waals surface area contributed by atoms with Gasteiger partial charge in [-0.25, -0.2) is 0 Å². The molecule has 0 radical (unpaired) electrons. The van der Waals surface area contributed by atoms with E-state index in [1.165, 1.54) is 7.40 Å². The molecule has 0 atom stereocenters. The summed E-state index contributed by atoms with van der Waals surface area (Å²) in [6.07, 6.45) is 1.75. The largest absolute Gasteiger partial charge is 0.159 e. The first-order valence-electron chi connectivity index (χ1n) is 3.97. The lowest BCUT2D eigenvalue weighted by Crippen LogP contribution is -1.07. The molecule has 0 saturated carbocycles. The van der Waals surface area contributed by atoms with Gasteiger partial charge >= 0.3 is 0 Å². The summed E-state index contributed by atoms with van der Waals surface area (Å²) in [6, 6.07) is 0. The van der Waals surface area contributed by atoms with Crippen LogP contribution in [0.1, 0.15) is 20.0 Å². The number of allylic oxidation sites excluding steroid dienone is 1. The molecule has 0 amide bonds. The monoisotopic (exact) mass is 92.2 g/mol. The van der Waals surface area contributed by atoms with Crippen LogP contribution in [0.4, 0.5) is 0 Å². The van der Waals surface area contributed by atoms with Crippen LogP contribution in [0.3, 0.4) is 0 Å². The second kappa shape index (κ2) is 161. The molecule has 0 aromatic rings. The van der Waals surface area contributed by atoms with Crippen LogP contribution in [0, 0.1) is 13.8 Å². The summed E-state index contributed by atoms with van der Waals surface area (Å²) in [5, 5.41) is 0. The molecule has 0 aromatic carbocycles. The Hall–Kier alpha value is -0.390. The molecule has 0 aliphatic rings. The van der Waals surface area contributed by atoms with Crippen molar-refractivity contribution in [1.29, 1.82) is 0 Å². The Morgan fingerprint density at radius 2 is 2.67 bits per heavy atom. The summed E-state index contributed by atoms with van der Waals surface area (Å²) in [5.74, 6) is 0. The number of hydrogen-bond donors (Lipinski definition) is 0. The van der Waals surface area contributed by atoms with E-state index in [1.807, 2.05) is 6.92 Å². The standard InChI is InChI=1S/C3H6.C2H4.CH4.H2/c1-3-2;1-2;;/h3H,1H2,2H3;1-2H2;1H4;1H/i;2*1D;1+1D. The highest BCUT2D eigenvalue weighted by Gasteiger charge is 1.15. The van der Waals surface area contributed by atoms with E-state index in [9.17, 15) is 0 Å². The van der Waals surface area contributed by atoms with Crippen molar-refractivity contribution in [2.45, 2.75) is 14.3 Å². The molecule has 0 spiro atoms. The zero-order valence-electron chi connectivity index (χ0n) is 8.57. The Kier molecular flexibility index (Phi) is 102. The maximum absolute atomic E-state index is 5.97. The molecule has 0 saturated heterocycles. The first kappa shape index (κ1) is 3.79. The van der Waals surface area contributed by atoms with E-state index in [4.69, 9.17) is 5.71 Å². The van der Waals surface area contributed by atoms with Gasteiger partial charge in [-0.3, -0.25) is 0 Å². The summed E-state index contributed by atoms with van der Waals surface area (Å²) >= 11 is 0. The Morgan fingerprint density at radius 1 is 2.67 bits per heavy atom. The predicted octanol–water partition coefficient (Wildman–Crippen LogP) is 2.73. The van der Waals surface area contributed by atoms with Gasteiger partial charge in [-0.05, 0) is 6.92 Å². The SMILES string of the molecule is C=CC.[2H]C.[2H][2H].[2H][CH-][CH2+]. The molecule has 0 rings (SSSR count). The summed E-state index contributed by atoms with van der Waals surface area (Å²) < 4.78 is 21.7. The third kappa shape index (κ3) is 162. The van der Waals surface area contributed by atoms with Gasteiger partial charge in [-0.1, -0.05) is 20.4 Å². The third-order valence-corrected chi connectivity index (χ3v) is 0. The van der Waals surface area contributed by atoms with Crippen LogP contribution in [-0.4, -0.2) is 0 Å². The average Bonchev–Trinajstić information content (AvgIpc) is 1.99. The average molecular weight is 92.2 g/mol. The van der Waals surface area contributed by atoms with E-state index in [0.29, 0.717) is 0 Å². The van der Waals surface area contributed by atoms with E-state index in [1.54, 1.807) is 6.08 Å². The zero-order valence-corrected chi connectivity index (χ0v) is 4.57. The summed E-state index contributed by atoms with van der Waals surface area (Å²) in [4.78, 5) is 0. The van der Waals surface area contributed by atoms with Crippen molar-refractivity contribution in [3.8, 4) is 0 Å². The van der Waals surface area contributed by atoms with Gasteiger partial charge in [0.1, 0.15) is 0 Å². The molecule has 0 N–H and O–H groups in total. The van der Waals surface area contributed by atoms with E-state index in [0.717, 1.165) is 6.90 Å². The van der Waals surface area contributed by atoms with E-state index in [2.05, 4.69) is 13.5 Å². The van der Waals surface area contributed by atoms with E-state index in [-0.39, 0.29) is 0 Å². The molecule has 0 nitrogen and oxygen atoms in total. The van der Waals surface area contributed by atoms with Crippen LogP contribution in [0.25, 0.3) is 0 Å². The molecule has 0 aliphatic carbocycles. The van der Waals surface area contributed by atoms with Crippen molar-refractivity contribution in [3.63, 3.8) is 0 Å². The lowest BCUT2D eigenvalue weighted by atomic mass is 10.8. The minimum Gasteiger partial charge on any atom is -0.159 e. The lowest BCUT2D eigenvalue weighted by molar-refractivity contribution is 1.80. The van der Waals surface area contributed by atoms with Gasteiger partial charge in [0.05, 0.1) is 0 Å². The van der Waals surface area contributed by atoms with Gasteiger partial charge in [-0.15, -0.1) is 6.58 Å².